The Hall–Kier alpha value is -4.71. The monoisotopic (exact) mass is 996 g/mol. The second-order valence-corrected chi connectivity index (χ2v) is 18.9. The number of rotatable bonds is 6. The third-order valence-electron chi connectivity index (χ3n) is 7.90. The fourth-order valence-electron chi connectivity index (χ4n) is 5.72. The van der Waals surface area contributed by atoms with Crippen molar-refractivity contribution in [3.05, 3.63) is 206 Å². The van der Waals surface area contributed by atoms with Gasteiger partial charge in [-0.25, -0.2) is 0 Å². The molecule has 320 valence electrons. The van der Waals surface area contributed by atoms with E-state index in [9.17, 15) is 0 Å². The second kappa shape index (κ2) is 38.0. The average Bonchev–Trinajstić information content (AvgIpc) is 3.36. The molecule has 0 bridgehead atoms. The van der Waals surface area contributed by atoms with Gasteiger partial charge in [-0.1, -0.05) is 140 Å². The van der Waals surface area contributed by atoms with Crippen LogP contribution < -0.4 is 36.0 Å². The number of nitrogens with zero attached hydrogens (tertiary/aromatic N) is 1. The van der Waals surface area contributed by atoms with Gasteiger partial charge in [0.1, 0.15) is 0 Å². The van der Waals surface area contributed by atoms with Crippen molar-refractivity contribution in [1.29, 1.82) is 0 Å². The molecular weight excluding hydrogens is 952 g/mol. The first-order chi connectivity index (χ1) is 29.6. The first-order valence-electron chi connectivity index (χ1n) is 17.6. The minimum absolute atomic E-state index is 0. The molecule has 0 unspecified atom stereocenters. The molecule has 0 aliphatic heterocycles. The van der Waals surface area contributed by atoms with E-state index >= 15 is 0 Å². The SMILES string of the molecule is CC[S-].[CH-]=O.[CH-]=O.[CH-]=O.[CH-]=O.[CH-]=O.[Fe+3].[Fe+3].[S-]c1ccccc1[S-].c1ccc(P(=[N+]=P(c2ccccc2)(c2ccccc2)c2ccccc2)(c2ccccc2)c2ccccc2)cc1. The zero-order valence-corrected chi connectivity index (χ0v) is 40.0. The second-order valence-electron chi connectivity index (χ2n) is 11.1. The van der Waals surface area contributed by atoms with Crippen LogP contribution in [0.3, 0.4) is 0 Å². The van der Waals surface area contributed by atoms with Gasteiger partial charge in [0.25, 0.3) is 0 Å². The van der Waals surface area contributed by atoms with Gasteiger partial charge >= 0.3 is 48.2 Å². The van der Waals surface area contributed by atoms with Crippen LogP contribution in [0, 0.1) is 0 Å². The summed E-state index contributed by atoms with van der Waals surface area (Å²) in [6.45, 7) is 18.2. The van der Waals surface area contributed by atoms with Crippen molar-refractivity contribution in [2.45, 2.75) is 16.7 Å². The molecule has 7 aromatic carbocycles. The summed E-state index contributed by atoms with van der Waals surface area (Å²) in [6.07, 6.45) is 0. The third kappa shape index (κ3) is 17.6. The van der Waals surface area contributed by atoms with E-state index in [2.05, 4.69) is 229 Å². The largest absolute Gasteiger partial charge is 3.00 e. The predicted molar refractivity (Wildman–Crippen MR) is 262 cm³/mol. The molecule has 0 fully saturated rings. The smallest absolute Gasteiger partial charge is 0.793 e. The molecule has 0 aromatic heterocycles. The predicted octanol–water partition coefficient (Wildman–Crippen LogP) is 7.08. The fraction of sp³-hybridized carbons (Fsp3) is 0.0408. The molecule has 6 nitrogen and oxygen atoms in total. The molecule has 0 N–H and O–H groups in total. The summed E-state index contributed by atoms with van der Waals surface area (Å²) >= 11 is 14.1. The van der Waals surface area contributed by atoms with E-state index in [1.165, 1.54) is 31.8 Å². The van der Waals surface area contributed by atoms with Gasteiger partial charge in [0.15, 0.2) is 0 Å². The molecule has 0 aliphatic rings. The Morgan fingerprint density at radius 3 is 0.597 bits per heavy atom. The number of benzene rings is 7. The van der Waals surface area contributed by atoms with E-state index in [1.54, 1.807) is 0 Å². The minimum Gasteiger partial charge on any atom is -0.793 e. The Bertz CT molecular complexity index is 1910. The molecule has 0 saturated heterocycles. The van der Waals surface area contributed by atoms with Crippen LogP contribution in [0.15, 0.2) is 216 Å². The fourth-order valence-corrected chi connectivity index (χ4v) is 15.5. The summed E-state index contributed by atoms with van der Waals surface area (Å²) in [5.41, 5.74) is 0. The summed E-state index contributed by atoms with van der Waals surface area (Å²) in [7, 11) is -4.99. The van der Waals surface area contributed by atoms with Gasteiger partial charge in [0.2, 0.25) is 0 Å². The molecule has 0 amide bonds. The molecule has 0 saturated carbocycles. The Morgan fingerprint density at radius 1 is 0.339 bits per heavy atom. The van der Waals surface area contributed by atoms with E-state index in [-0.39, 0.29) is 34.1 Å². The molecular formula is C49H44Fe2NO5P2S3-. The van der Waals surface area contributed by atoms with Crippen molar-refractivity contribution in [1.82, 2.24) is 4.17 Å². The Labute approximate surface area is 405 Å². The average molecular weight is 997 g/mol. The summed E-state index contributed by atoms with van der Waals surface area (Å²) in [4.78, 5) is 40.3. The number of carbonyl (C=O) groups excluding carboxylic acids is 5. The van der Waals surface area contributed by atoms with E-state index in [1.807, 2.05) is 31.2 Å². The van der Waals surface area contributed by atoms with Crippen molar-refractivity contribution in [3.8, 4) is 0 Å². The van der Waals surface area contributed by atoms with Crippen molar-refractivity contribution in [2.75, 3.05) is 5.75 Å². The number of hydrogen-bond donors (Lipinski definition) is 0. The first-order valence-corrected chi connectivity index (χ1v) is 22.5. The van der Waals surface area contributed by atoms with Gasteiger partial charge in [0.05, 0.1) is 31.8 Å². The summed E-state index contributed by atoms with van der Waals surface area (Å²) in [6, 6.07) is 73.1. The van der Waals surface area contributed by atoms with Crippen LogP contribution in [0.5, 0.6) is 0 Å². The van der Waals surface area contributed by atoms with Crippen LogP contribution in [-0.4, -0.2) is 39.7 Å². The maximum Gasteiger partial charge on any atom is 3.00 e. The van der Waals surface area contributed by atoms with Gasteiger partial charge in [-0.2, -0.15) is 15.5 Å². The van der Waals surface area contributed by atoms with E-state index in [4.69, 9.17) is 53.4 Å². The van der Waals surface area contributed by atoms with Gasteiger partial charge in [-0.15, -0.1) is 4.17 Å². The summed E-state index contributed by atoms with van der Waals surface area (Å²) < 4.78 is 6.38. The number of hydrogen-bond acceptors (Lipinski definition) is 8. The minimum atomic E-state index is -2.50. The van der Waals surface area contributed by atoms with Crippen molar-refractivity contribution < 1.29 is 58.1 Å². The van der Waals surface area contributed by atoms with Gasteiger partial charge < -0.3 is 61.9 Å². The molecule has 2 radical (unpaired) electrons. The molecule has 7 aromatic rings. The molecule has 62 heavy (non-hydrogen) atoms. The zero-order valence-electron chi connectivity index (χ0n) is 33.5. The molecule has 7 rings (SSSR count). The molecule has 13 heteroatoms. The quantitative estimate of drug-likeness (QED) is 0.0436. The maximum atomic E-state index is 7.75. The molecule has 0 aliphatic carbocycles. The van der Waals surface area contributed by atoms with Crippen LogP contribution in [0.25, 0.3) is 0 Å². The van der Waals surface area contributed by atoms with Crippen molar-refractivity contribution >= 4 is 118 Å². The molecule has 0 spiro atoms. The molecule has 0 heterocycles. The molecule has 0 atom stereocenters. The van der Waals surface area contributed by atoms with Crippen molar-refractivity contribution in [2.24, 2.45) is 0 Å². The van der Waals surface area contributed by atoms with Gasteiger partial charge in [-0.05, 0) is 72.8 Å². The van der Waals surface area contributed by atoms with Crippen LogP contribution in [0.2, 0.25) is 0 Å². The van der Waals surface area contributed by atoms with E-state index < -0.39 is 14.1 Å². The van der Waals surface area contributed by atoms with Gasteiger partial charge in [0, 0.05) is 0 Å². The standard InChI is InChI=1S/C36H30NP2.C6H6S2.C2H6S.5CHO.2Fe/c1-7-19-31(20-8-1)38(32-21-9-2-10-22-32,33-23-11-3-12-24-33)37-39(34-25-13-4-14-26-34,35-27-15-5-16-28-35)36-29-17-6-18-30-36;7-5-3-1-2-4-6(5)8;1-2-3;5*1-2;;/h1-30H;1-4,7-8H;3H,2H2,1H3;5*1H;;/q+1;;;5*-1;2*+3/p-3. The summed E-state index contributed by atoms with van der Waals surface area (Å²) in [5.74, 6) is 0.833. The van der Waals surface area contributed by atoms with Crippen LogP contribution in [0.1, 0.15) is 6.92 Å². The zero-order chi connectivity index (χ0) is 45.1. The van der Waals surface area contributed by atoms with Crippen LogP contribution >= 0.6 is 14.1 Å². The maximum absolute atomic E-state index is 7.75. The third-order valence-corrected chi connectivity index (χ3v) is 17.2. The Kier molecular flexibility index (Phi) is 37.7. The Morgan fingerprint density at radius 2 is 0.468 bits per heavy atom. The van der Waals surface area contributed by atoms with E-state index in [0.29, 0.717) is 0 Å². The van der Waals surface area contributed by atoms with Crippen LogP contribution in [0.4, 0.5) is 0 Å². The normalized spacial score (nSPS) is 9.00. The van der Waals surface area contributed by atoms with Crippen LogP contribution in [-0.2, 0) is 96.0 Å². The first kappa shape index (κ1) is 61.6. The topological polar surface area (TPSA) is 99.4 Å². The van der Waals surface area contributed by atoms with E-state index in [0.717, 1.165) is 15.5 Å². The summed E-state index contributed by atoms with van der Waals surface area (Å²) in [5, 5.41) is 7.55. The van der Waals surface area contributed by atoms with Gasteiger partial charge in [-0.3, -0.25) is 33.9 Å². The van der Waals surface area contributed by atoms with Crippen molar-refractivity contribution in [3.63, 3.8) is 0 Å². The Balaban J connectivity index is -0.00000129.